The van der Waals surface area contributed by atoms with Crippen LogP contribution in [0.25, 0.3) is 0 Å². The first-order valence-corrected chi connectivity index (χ1v) is 8.30. The lowest BCUT2D eigenvalue weighted by molar-refractivity contribution is -0.153. The highest BCUT2D eigenvalue weighted by atomic mass is 32.2. The normalized spacial score (nSPS) is 20.1. The number of nitrogens with zero attached hydrogens (tertiary/aromatic N) is 1. The summed E-state index contributed by atoms with van der Waals surface area (Å²) in [6.07, 6.45) is 5.60. The molecule has 2 rings (SSSR count). The van der Waals surface area contributed by atoms with Crippen molar-refractivity contribution in [1.82, 2.24) is 4.90 Å². The Labute approximate surface area is 140 Å². The number of carbonyl (C=O) groups is 2. The van der Waals surface area contributed by atoms with Crippen molar-refractivity contribution in [3.05, 3.63) is 35.9 Å². The van der Waals surface area contributed by atoms with Gasteiger partial charge in [0.1, 0.15) is 18.0 Å². The van der Waals surface area contributed by atoms with Crippen LogP contribution in [-0.2, 0) is 19.1 Å². The van der Waals surface area contributed by atoms with Gasteiger partial charge in [-0.2, -0.15) is 0 Å². The molecule has 2 atom stereocenters. The minimum absolute atomic E-state index is 0.0981. The van der Waals surface area contributed by atoms with E-state index in [-0.39, 0.29) is 17.9 Å². The zero-order valence-electron chi connectivity index (χ0n) is 12.9. The smallest absolute Gasteiger partial charge is 0.329 e. The molecule has 0 unspecified atom stereocenters. The maximum atomic E-state index is 12.6. The van der Waals surface area contributed by atoms with Gasteiger partial charge < -0.3 is 14.4 Å². The maximum Gasteiger partial charge on any atom is 0.329 e. The van der Waals surface area contributed by atoms with E-state index in [4.69, 9.17) is 15.9 Å². The Bertz CT molecular complexity index is 584. The summed E-state index contributed by atoms with van der Waals surface area (Å²) in [4.78, 5) is 26.1. The molecule has 0 aromatic heterocycles. The molecule has 1 aliphatic heterocycles. The van der Waals surface area contributed by atoms with Gasteiger partial charge in [-0.15, -0.1) is 24.1 Å². The molecule has 1 fully saturated rings. The first kappa shape index (κ1) is 17.4. The van der Waals surface area contributed by atoms with E-state index in [1.54, 1.807) is 16.7 Å². The number of esters is 1. The molecule has 1 aromatic rings. The number of carbonyl (C=O) groups excluding carboxylic acids is 2. The predicted molar refractivity (Wildman–Crippen MR) is 88.6 cm³/mol. The molecule has 0 radical (unpaired) electrons. The van der Waals surface area contributed by atoms with Gasteiger partial charge in [-0.1, -0.05) is 30.3 Å². The van der Waals surface area contributed by atoms with Crippen molar-refractivity contribution in [2.24, 2.45) is 0 Å². The summed E-state index contributed by atoms with van der Waals surface area (Å²) < 4.78 is 10.1. The van der Waals surface area contributed by atoms with E-state index in [0.717, 1.165) is 5.56 Å². The number of hydrogen-bond donors (Lipinski definition) is 0. The second-order valence-corrected chi connectivity index (χ2v) is 6.06. The number of hydrogen-bond acceptors (Lipinski definition) is 5. The molecule has 0 spiro atoms. The molecule has 1 amide bonds. The molecule has 1 aliphatic rings. The molecular weight excluding hydrogens is 314 g/mol. The summed E-state index contributed by atoms with van der Waals surface area (Å²) in [6.45, 7) is 0.223. The topological polar surface area (TPSA) is 55.8 Å². The third-order valence-electron chi connectivity index (χ3n) is 3.46. The Balaban J connectivity index is 2.14. The number of thioether (sulfide) groups is 1. The summed E-state index contributed by atoms with van der Waals surface area (Å²) in [5, 5.41) is -0.218. The van der Waals surface area contributed by atoms with E-state index < -0.39 is 12.0 Å². The van der Waals surface area contributed by atoms with Crippen molar-refractivity contribution >= 4 is 23.6 Å². The quantitative estimate of drug-likeness (QED) is 0.452. The van der Waals surface area contributed by atoms with Crippen LogP contribution >= 0.6 is 11.8 Å². The van der Waals surface area contributed by atoms with Crippen molar-refractivity contribution in [2.75, 3.05) is 26.1 Å². The van der Waals surface area contributed by atoms with E-state index in [9.17, 15) is 9.59 Å². The van der Waals surface area contributed by atoms with Crippen LogP contribution in [0.3, 0.4) is 0 Å². The lowest BCUT2D eigenvalue weighted by Gasteiger charge is -2.28. The standard InChI is InChI=1S/C17H19NO4S/c1-3-4-10-22-11-15(19)18-14(17(20)21-2)12-23-16(18)13-8-6-5-7-9-13/h1,5-9,14,16H,4,10-12H2,2H3/t14-,16+/m0/s1. The summed E-state index contributed by atoms with van der Waals surface area (Å²) in [6, 6.07) is 9.02. The van der Waals surface area contributed by atoms with Crippen LogP contribution < -0.4 is 0 Å². The van der Waals surface area contributed by atoms with Gasteiger partial charge in [0.25, 0.3) is 5.91 Å². The number of methoxy groups -OCH3 is 1. The number of benzene rings is 1. The molecule has 1 heterocycles. The largest absolute Gasteiger partial charge is 0.467 e. The summed E-state index contributed by atoms with van der Waals surface area (Å²) in [5.74, 6) is 2.31. The van der Waals surface area contributed by atoms with Crippen LogP contribution in [-0.4, -0.2) is 48.9 Å². The fraction of sp³-hybridized carbons (Fsp3) is 0.412. The van der Waals surface area contributed by atoms with Crippen LogP contribution in [0.2, 0.25) is 0 Å². The Kier molecular flexibility index (Phi) is 6.51. The van der Waals surface area contributed by atoms with Crippen molar-refractivity contribution < 1.29 is 19.1 Å². The average molecular weight is 333 g/mol. The first-order valence-electron chi connectivity index (χ1n) is 7.25. The number of terminal acetylenes is 1. The molecule has 1 saturated heterocycles. The fourth-order valence-corrected chi connectivity index (χ4v) is 3.80. The zero-order chi connectivity index (χ0) is 16.7. The van der Waals surface area contributed by atoms with Gasteiger partial charge in [-0.25, -0.2) is 4.79 Å². The Morgan fingerprint density at radius 2 is 2.13 bits per heavy atom. The van der Waals surface area contributed by atoms with Crippen molar-refractivity contribution in [1.29, 1.82) is 0 Å². The Hall–Kier alpha value is -1.97. The molecule has 23 heavy (non-hydrogen) atoms. The minimum atomic E-state index is -0.598. The highest BCUT2D eigenvalue weighted by Gasteiger charge is 2.42. The summed E-state index contributed by atoms with van der Waals surface area (Å²) >= 11 is 1.54. The molecule has 6 heteroatoms. The fourth-order valence-electron chi connectivity index (χ4n) is 2.37. The van der Waals surface area contributed by atoms with Crippen LogP contribution in [0.5, 0.6) is 0 Å². The van der Waals surface area contributed by atoms with Gasteiger partial charge >= 0.3 is 5.97 Å². The van der Waals surface area contributed by atoms with E-state index >= 15 is 0 Å². The minimum Gasteiger partial charge on any atom is -0.467 e. The Morgan fingerprint density at radius 1 is 1.39 bits per heavy atom. The number of rotatable bonds is 6. The molecule has 0 bridgehead atoms. The highest BCUT2D eigenvalue weighted by molar-refractivity contribution is 7.99. The van der Waals surface area contributed by atoms with Crippen LogP contribution in [0.1, 0.15) is 17.4 Å². The highest BCUT2D eigenvalue weighted by Crippen LogP contribution is 2.41. The second kappa shape index (κ2) is 8.61. The van der Waals surface area contributed by atoms with Crippen LogP contribution in [0, 0.1) is 12.3 Å². The molecule has 5 nitrogen and oxygen atoms in total. The monoisotopic (exact) mass is 333 g/mol. The summed E-state index contributed by atoms with van der Waals surface area (Å²) in [7, 11) is 1.33. The van der Waals surface area contributed by atoms with Crippen molar-refractivity contribution in [2.45, 2.75) is 17.8 Å². The van der Waals surface area contributed by atoms with E-state index in [2.05, 4.69) is 5.92 Å². The van der Waals surface area contributed by atoms with Gasteiger partial charge in [-0.3, -0.25) is 4.79 Å². The molecule has 122 valence electrons. The van der Waals surface area contributed by atoms with Gasteiger partial charge in [0, 0.05) is 12.2 Å². The average Bonchev–Trinajstić information content (AvgIpc) is 3.03. The lowest BCUT2D eigenvalue weighted by Crippen LogP contribution is -2.45. The van der Waals surface area contributed by atoms with Gasteiger partial charge in [0.15, 0.2) is 0 Å². The lowest BCUT2D eigenvalue weighted by atomic mass is 10.1. The molecule has 0 saturated carbocycles. The summed E-state index contributed by atoms with van der Waals surface area (Å²) in [5.41, 5.74) is 0.973. The SMILES string of the molecule is C#CCCOCC(=O)N1[C@@H](c2ccccc2)SC[C@H]1C(=O)OC. The molecular formula is C17H19NO4S. The Morgan fingerprint density at radius 3 is 2.78 bits per heavy atom. The van der Waals surface area contributed by atoms with E-state index in [1.807, 2.05) is 30.3 Å². The van der Waals surface area contributed by atoms with Gasteiger partial charge in [0.05, 0.1) is 13.7 Å². The van der Waals surface area contributed by atoms with Crippen molar-refractivity contribution in [3.8, 4) is 12.3 Å². The third kappa shape index (κ3) is 4.27. The molecule has 1 aromatic carbocycles. The van der Waals surface area contributed by atoms with E-state index in [1.165, 1.54) is 7.11 Å². The first-order chi connectivity index (χ1) is 11.2. The molecule has 0 N–H and O–H groups in total. The number of amides is 1. The van der Waals surface area contributed by atoms with Crippen molar-refractivity contribution in [3.63, 3.8) is 0 Å². The number of ether oxygens (including phenoxy) is 2. The second-order valence-electron chi connectivity index (χ2n) is 4.94. The van der Waals surface area contributed by atoms with Gasteiger partial charge in [-0.05, 0) is 5.56 Å². The molecule has 0 aliphatic carbocycles. The van der Waals surface area contributed by atoms with Gasteiger partial charge in [0.2, 0.25) is 0 Å². The zero-order valence-corrected chi connectivity index (χ0v) is 13.8. The predicted octanol–water partition coefficient (Wildman–Crippen LogP) is 1.84. The van der Waals surface area contributed by atoms with Crippen LogP contribution in [0.15, 0.2) is 30.3 Å². The van der Waals surface area contributed by atoms with Crippen LogP contribution in [0.4, 0.5) is 0 Å². The third-order valence-corrected chi connectivity index (χ3v) is 4.79. The van der Waals surface area contributed by atoms with E-state index in [0.29, 0.717) is 18.8 Å². The maximum absolute atomic E-state index is 12.6.